The van der Waals surface area contributed by atoms with Crippen molar-refractivity contribution >= 4 is 56.5 Å². The largest absolute Gasteiger partial charge is 0.472 e. The lowest BCUT2D eigenvalue weighted by molar-refractivity contribution is -0.147. The average molecular weight is 823 g/mol. The van der Waals surface area contributed by atoms with E-state index in [9.17, 15) is 32.4 Å². The number of amides is 1. The fraction of sp³-hybridized carbons (Fsp3) is 0.605. The molecule has 0 unspecified atom stereocenters. The lowest BCUT2D eigenvalue weighted by atomic mass is 9.74. The summed E-state index contributed by atoms with van der Waals surface area (Å²) in [6, 6.07) is 7.93. The number of fused-ring (bicyclic) bond motifs is 1. The summed E-state index contributed by atoms with van der Waals surface area (Å²) in [5.74, 6) is -3.10. The maximum Gasteiger partial charge on any atom is 0.263 e. The van der Waals surface area contributed by atoms with Gasteiger partial charge in [-0.1, -0.05) is 77.1 Å². The standard InChI is InChI=1S/C43H55ClN4O8S/c1-5-11-28(40(52)36(51)20-26-16-17-26)21-34(49)33-22-30(56-38-19-18-29(44)24-45-38)25-48(33)42(53)32(43(2,3)4)23-35(50)39(27-12-7-6-8-13-27)46-41-31-14-9-10-15-37(31)57(54,55)47-41/h9-10,14-15,18-19,24,26-28,30,32-33,39H,5-8,11-13,16-17,20-23,25H2,1-4H3,(H,46,47)/t28-,30-,32-,33+,39+/m1/s1. The number of ether oxygens (including phenoxy) is 1. The van der Waals surface area contributed by atoms with Gasteiger partial charge in [-0.25, -0.2) is 13.4 Å². The molecular weight excluding hydrogens is 768 g/mol. The van der Waals surface area contributed by atoms with Crippen molar-refractivity contribution in [1.29, 1.82) is 0 Å². The molecule has 4 aliphatic rings. The molecule has 1 amide bonds. The van der Waals surface area contributed by atoms with Gasteiger partial charge in [0, 0.05) is 55.3 Å². The second-order valence-corrected chi connectivity index (χ2v) is 19.5. The van der Waals surface area contributed by atoms with Gasteiger partial charge in [0.2, 0.25) is 17.6 Å². The van der Waals surface area contributed by atoms with Crippen LogP contribution in [0.4, 0.5) is 0 Å². The van der Waals surface area contributed by atoms with E-state index in [1.165, 1.54) is 17.2 Å². The van der Waals surface area contributed by atoms with E-state index < -0.39 is 62.9 Å². The minimum atomic E-state index is -3.85. The minimum absolute atomic E-state index is 0.0419. The summed E-state index contributed by atoms with van der Waals surface area (Å²) in [6.45, 7) is 7.59. The number of carbonyl (C=O) groups excluding carboxylic acids is 5. The van der Waals surface area contributed by atoms with Gasteiger partial charge in [-0.3, -0.25) is 33.7 Å². The van der Waals surface area contributed by atoms with Crippen LogP contribution in [0.5, 0.6) is 5.88 Å². The van der Waals surface area contributed by atoms with Gasteiger partial charge in [-0.05, 0) is 67.6 Å². The molecular formula is C43H55ClN4O8S. The summed E-state index contributed by atoms with van der Waals surface area (Å²) in [5, 5.41) is 0.422. The van der Waals surface area contributed by atoms with Crippen molar-refractivity contribution in [3.63, 3.8) is 0 Å². The van der Waals surface area contributed by atoms with Gasteiger partial charge in [0.05, 0.1) is 22.5 Å². The van der Waals surface area contributed by atoms with Gasteiger partial charge in [0.15, 0.2) is 17.3 Å². The molecule has 2 aromatic rings. The first kappa shape index (κ1) is 42.6. The highest BCUT2D eigenvalue weighted by Crippen LogP contribution is 2.38. The van der Waals surface area contributed by atoms with Crippen LogP contribution in [0.2, 0.25) is 5.02 Å². The molecule has 5 atom stereocenters. The number of nitrogens with zero attached hydrogens (tertiary/aromatic N) is 3. The Morgan fingerprint density at radius 2 is 1.72 bits per heavy atom. The smallest absolute Gasteiger partial charge is 0.263 e. The molecule has 2 aliphatic carbocycles. The predicted octanol–water partition coefficient (Wildman–Crippen LogP) is 6.71. The second-order valence-electron chi connectivity index (χ2n) is 17.4. The van der Waals surface area contributed by atoms with Gasteiger partial charge in [0.1, 0.15) is 18.0 Å². The molecule has 3 fully saturated rings. The number of pyridine rings is 1. The van der Waals surface area contributed by atoms with Gasteiger partial charge >= 0.3 is 0 Å². The van der Waals surface area contributed by atoms with Gasteiger partial charge in [0.25, 0.3) is 10.0 Å². The zero-order chi connectivity index (χ0) is 41.1. The Bertz CT molecular complexity index is 1990. The number of ketones is 4. The monoisotopic (exact) mass is 822 g/mol. The molecule has 2 saturated carbocycles. The van der Waals surface area contributed by atoms with Crippen molar-refractivity contribution in [2.75, 3.05) is 6.54 Å². The fourth-order valence-electron chi connectivity index (χ4n) is 8.55. The van der Waals surface area contributed by atoms with Crippen molar-refractivity contribution < 1.29 is 37.1 Å². The Morgan fingerprint density at radius 3 is 2.37 bits per heavy atom. The predicted molar refractivity (Wildman–Crippen MR) is 215 cm³/mol. The number of hydrogen-bond acceptors (Lipinski definition) is 10. The van der Waals surface area contributed by atoms with Crippen LogP contribution in [0.3, 0.4) is 0 Å². The summed E-state index contributed by atoms with van der Waals surface area (Å²) in [7, 11) is -3.85. The highest BCUT2D eigenvalue weighted by Gasteiger charge is 2.47. The van der Waals surface area contributed by atoms with E-state index >= 15 is 0 Å². The molecule has 3 heterocycles. The Kier molecular flexibility index (Phi) is 13.4. The lowest BCUT2D eigenvalue weighted by Gasteiger charge is -2.36. The number of nitrogens with one attached hydrogen (secondary N) is 1. The van der Waals surface area contributed by atoms with Crippen molar-refractivity contribution in [2.24, 2.45) is 34.1 Å². The highest BCUT2D eigenvalue weighted by atomic mass is 35.5. The number of amidine groups is 1. The summed E-state index contributed by atoms with van der Waals surface area (Å²) >= 11 is 6.05. The summed E-state index contributed by atoms with van der Waals surface area (Å²) in [4.78, 5) is 80.8. The van der Waals surface area contributed by atoms with E-state index in [0.29, 0.717) is 23.4 Å². The summed E-state index contributed by atoms with van der Waals surface area (Å²) in [5.41, 5.74) is -0.332. The second kappa shape index (κ2) is 17.9. The van der Waals surface area contributed by atoms with E-state index in [-0.39, 0.29) is 72.2 Å². The number of sulfonamides is 1. The Balaban J connectivity index is 1.28. The van der Waals surface area contributed by atoms with Crippen molar-refractivity contribution in [2.45, 2.75) is 134 Å². The van der Waals surface area contributed by atoms with Crippen LogP contribution < -0.4 is 9.46 Å². The summed E-state index contributed by atoms with van der Waals surface area (Å²) < 4.78 is 34.7. The Labute approximate surface area is 341 Å². The van der Waals surface area contributed by atoms with Crippen molar-refractivity contribution in [3.8, 4) is 5.88 Å². The fourth-order valence-corrected chi connectivity index (χ4v) is 9.90. The van der Waals surface area contributed by atoms with Crippen LogP contribution in [-0.4, -0.2) is 77.9 Å². The van der Waals surface area contributed by atoms with E-state index in [0.717, 1.165) is 44.9 Å². The first-order valence-electron chi connectivity index (χ1n) is 20.5. The van der Waals surface area contributed by atoms with Crippen LogP contribution in [-0.2, 0) is 34.0 Å². The number of halogens is 1. The first-order valence-corrected chi connectivity index (χ1v) is 22.3. The van der Waals surface area contributed by atoms with Crippen LogP contribution in [0.25, 0.3) is 0 Å². The third-order valence-corrected chi connectivity index (χ3v) is 13.5. The van der Waals surface area contributed by atoms with Crippen LogP contribution >= 0.6 is 11.6 Å². The molecule has 0 bridgehead atoms. The third-order valence-electron chi connectivity index (χ3n) is 11.9. The normalized spacial score (nSPS) is 23.0. The molecule has 1 N–H and O–H groups in total. The summed E-state index contributed by atoms with van der Waals surface area (Å²) in [6.07, 6.45) is 8.01. The molecule has 1 aromatic heterocycles. The molecule has 14 heteroatoms. The number of rotatable bonds is 17. The van der Waals surface area contributed by atoms with Crippen molar-refractivity contribution in [1.82, 2.24) is 14.6 Å². The van der Waals surface area contributed by atoms with Crippen LogP contribution in [0.1, 0.15) is 117 Å². The average Bonchev–Trinajstić information content (AvgIpc) is 3.83. The van der Waals surface area contributed by atoms with E-state index in [1.807, 2.05) is 27.7 Å². The molecule has 57 heavy (non-hydrogen) atoms. The number of hydrogen-bond donors (Lipinski definition) is 1. The van der Waals surface area contributed by atoms with Gasteiger partial charge < -0.3 is 9.64 Å². The number of aliphatic imine (C=N–C) groups is 1. The molecule has 2 aliphatic heterocycles. The number of Topliss-reactive ketones (excluding diaryl/α,β-unsaturated/α-hetero) is 4. The number of likely N-dealkylation sites (tertiary alicyclic amines) is 1. The molecule has 6 rings (SSSR count). The van der Waals surface area contributed by atoms with E-state index in [1.54, 1.807) is 30.3 Å². The van der Waals surface area contributed by atoms with E-state index in [2.05, 4.69) is 9.71 Å². The third kappa shape index (κ3) is 10.4. The van der Waals surface area contributed by atoms with E-state index in [4.69, 9.17) is 21.3 Å². The molecule has 12 nitrogen and oxygen atoms in total. The molecule has 1 aromatic carbocycles. The Morgan fingerprint density at radius 1 is 1.00 bits per heavy atom. The highest BCUT2D eigenvalue weighted by molar-refractivity contribution is 7.90. The molecule has 308 valence electrons. The minimum Gasteiger partial charge on any atom is -0.472 e. The Hall–Kier alpha value is -3.97. The molecule has 1 saturated heterocycles. The van der Waals surface area contributed by atoms with Crippen LogP contribution in [0, 0.1) is 29.1 Å². The SMILES string of the molecule is CCC[C@H](CC(=O)[C@@H]1C[C@@H](Oc2ccc(Cl)cn2)CN1C(=O)[C@@H](CC(=O)[C@@H](N=C1NS(=O)(=O)c2ccccc21)C1CCCCC1)C(C)(C)C)C(=O)C(=O)CC1CC1. The number of aromatic nitrogens is 1. The van der Waals surface area contributed by atoms with Gasteiger partial charge in [-0.15, -0.1) is 0 Å². The molecule has 0 spiro atoms. The quantitative estimate of drug-likeness (QED) is 0.171. The zero-order valence-electron chi connectivity index (χ0n) is 33.4. The van der Waals surface area contributed by atoms with Gasteiger partial charge in [-0.2, -0.15) is 0 Å². The molecule has 0 radical (unpaired) electrons. The van der Waals surface area contributed by atoms with Crippen molar-refractivity contribution in [3.05, 3.63) is 53.2 Å². The van der Waals surface area contributed by atoms with Crippen LogP contribution in [0.15, 0.2) is 52.5 Å². The maximum absolute atomic E-state index is 14.9. The topological polar surface area (TPSA) is 169 Å². The zero-order valence-corrected chi connectivity index (χ0v) is 34.9. The lowest BCUT2D eigenvalue weighted by Crippen LogP contribution is -2.48. The number of carbonyl (C=O) groups is 5. The number of benzene rings is 1. The maximum atomic E-state index is 14.9. The first-order chi connectivity index (χ1) is 27.0.